The van der Waals surface area contributed by atoms with Gasteiger partial charge >= 0.3 is 6.09 Å². The van der Waals surface area contributed by atoms with Crippen LogP contribution in [0.15, 0.2) is 30.3 Å². The van der Waals surface area contributed by atoms with Gasteiger partial charge in [0.05, 0.1) is 22.8 Å². The molecule has 4 aliphatic carbocycles. The van der Waals surface area contributed by atoms with Crippen LogP contribution in [0.5, 0.6) is 0 Å². The molecule has 166 valence electrons. The van der Waals surface area contributed by atoms with Crippen LogP contribution in [0, 0.1) is 29.1 Å². The first-order valence-corrected chi connectivity index (χ1v) is 11.7. The molecule has 7 rings (SSSR count). The number of fused-ring (bicyclic) bond motifs is 1. The lowest BCUT2D eigenvalue weighted by Gasteiger charge is -2.57. The van der Waals surface area contributed by atoms with E-state index in [2.05, 4.69) is 16.4 Å². The number of nitrogens with one attached hydrogen (secondary N) is 1. The van der Waals surface area contributed by atoms with Crippen molar-refractivity contribution < 1.29 is 14.6 Å². The van der Waals surface area contributed by atoms with Crippen LogP contribution >= 0.6 is 0 Å². The van der Waals surface area contributed by atoms with Gasteiger partial charge in [0.2, 0.25) is 0 Å². The van der Waals surface area contributed by atoms with Crippen molar-refractivity contribution in [2.24, 2.45) is 17.8 Å². The molecule has 32 heavy (non-hydrogen) atoms. The minimum Gasteiger partial charge on any atom is -0.446 e. The van der Waals surface area contributed by atoms with Gasteiger partial charge in [-0.1, -0.05) is 0 Å². The first-order valence-electron chi connectivity index (χ1n) is 11.7. The number of nitriles is 1. The fourth-order valence-electron chi connectivity index (χ4n) is 6.85. The fourth-order valence-corrected chi connectivity index (χ4v) is 6.85. The number of hydrogen-bond acceptors (Lipinski definition) is 6. The maximum Gasteiger partial charge on any atom is 0.410 e. The molecule has 1 amide bonds. The van der Waals surface area contributed by atoms with Crippen molar-refractivity contribution in [3.63, 3.8) is 0 Å². The van der Waals surface area contributed by atoms with Crippen molar-refractivity contribution in [3.05, 3.63) is 35.9 Å². The van der Waals surface area contributed by atoms with E-state index in [9.17, 15) is 9.90 Å². The van der Waals surface area contributed by atoms with Gasteiger partial charge in [-0.25, -0.2) is 9.78 Å². The van der Waals surface area contributed by atoms with Crippen LogP contribution in [0.2, 0.25) is 0 Å². The van der Waals surface area contributed by atoms with Gasteiger partial charge in [-0.05, 0) is 86.6 Å². The number of benzene rings is 1. The molecule has 1 saturated heterocycles. The van der Waals surface area contributed by atoms with Crippen LogP contribution in [-0.4, -0.2) is 51.9 Å². The Hall–Kier alpha value is -2.85. The summed E-state index contributed by atoms with van der Waals surface area (Å²) in [5.41, 5.74) is 0.954. The molecule has 2 aromatic rings. The summed E-state index contributed by atoms with van der Waals surface area (Å²) in [4.78, 5) is 19.4. The number of likely N-dealkylation sites (tertiary alicyclic amines) is 1. The van der Waals surface area contributed by atoms with Crippen LogP contribution < -0.4 is 5.32 Å². The van der Waals surface area contributed by atoms with Gasteiger partial charge < -0.3 is 20.1 Å². The maximum atomic E-state index is 12.9. The quantitative estimate of drug-likeness (QED) is 0.768. The van der Waals surface area contributed by atoms with E-state index in [-0.39, 0.29) is 18.2 Å². The minimum absolute atomic E-state index is 0.0354. The summed E-state index contributed by atoms with van der Waals surface area (Å²) >= 11 is 0. The summed E-state index contributed by atoms with van der Waals surface area (Å²) in [5, 5.41) is 24.2. The van der Waals surface area contributed by atoms with E-state index in [1.807, 2.05) is 24.3 Å². The Morgan fingerprint density at radius 3 is 2.78 bits per heavy atom. The van der Waals surface area contributed by atoms with Gasteiger partial charge in [-0.2, -0.15) is 5.26 Å². The van der Waals surface area contributed by atoms with Crippen LogP contribution in [0.25, 0.3) is 10.9 Å². The molecule has 2 unspecified atom stereocenters. The molecular formula is C25H28N4O3. The summed E-state index contributed by atoms with van der Waals surface area (Å²) in [7, 11) is 0. The first-order chi connectivity index (χ1) is 15.5. The molecule has 5 fully saturated rings. The highest BCUT2D eigenvalue weighted by molar-refractivity contribution is 5.81. The number of carbonyl (C=O) groups excluding carboxylic acids is 1. The Morgan fingerprint density at radius 1 is 1.22 bits per heavy atom. The number of aliphatic hydroxyl groups is 1. The van der Waals surface area contributed by atoms with Gasteiger partial charge in [-0.15, -0.1) is 0 Å². The monoisotopic (exact) mass is 432 g/mol. The number of pyridine rings is 1. The van der Waals surface area contributed by atoms with E-state index < -0.39 is 5.60 Å². The van der Waals surface area contributed by atoms with E-state index in [1.54, 1.807) is 11.0 Å². The van der Waals surface area contributed by atoms with Gasteiger partial charge in [-0.3, -0.25) is 0 Å². The Balaban J connectivity index is 1.07. The van der Waals surface area contributed by atoms with Crippen LogP contribution in [0.3, 0.4) is 0 Å². The zero-order chi connectivity index (χ0) is 21.9. The third kappa shape index (κ3) is 3.47. The number of rotatable bonds is 3. The van der Waals surface area contributed by atoms with Crippen LogP contribution in [0.4, 0.5) is 10.6 Å². The smallest absolute Gasteiger partial charge is 0.410 e. The van der Waals surface area contributed by atoms with Crippen molar-refractivity contribution in [2.45, 2.75) is 56.3 Å². The zero-order valence-electron chi connectivity index (χ0n) is 18.0. The Labute approximate surface area is 187 Å². The molecule has 4 saturated carbocycles. The van der Waals surface area contributed by atoms with Crippen LogP contribution in [-0.2, 0) is 4.74 Å². The van der Waals surface area contributed by atoms with Gasteiger partial charge in [0.25, 0.3) is 0 Å². The molecule has 7 heteroatoms. The highest BCUT2D eigenvalue weighted by Gasteiger charge is 2.56. The summed E-state index contributed by atoms with van der Waals surface area (Å²) in [6, 6.07) is 11.6. The number of aromatic nitrogens is 1. The molecule has 1 aromatic carbocycles. The second-order valence-corrected chi connectivity index (χ2v) is 10.3. The van der Waals surface area contributed by atoms with Gasteiger partial charge in [0.1, 0.15) is 11.9 Å². The van der Waals surface area contributed by atoms with Crippen molar-refractivity contribution in [2.75, 3.05) is 18.4 Å². The molecule has 4 bridgehead atoms. The standard InChI is InChI=1S/C25H28N4O3/c26-13-15-1-3-21-17(7-15)2-4-22(28-21)27-20-5-6-29(14-20)24(30)32-23-18-8-16-9-19(23)12-25(31,10-16)11-18/h1-4,7,16,18-20,23,31H,5-6,8-12,14H2,(H,27,28)/t16?,18?,19?,20-,23-,25-/m1/s1. The molecule has 1 aromatic heterocycles. The summed E-state index contributed by atoms with van der Waals surface area (Å²) in [5.74, 6) is 2.01. The highest BCUT2D eigenvalue weighted by Crippen LogP contribution is 2.56. The molecular weight excluding hydrogens is 404 g/mol. The van der Waals surface area contributed by atoms with Crippen LogP contribution in [0.1, 0.15) is 44.1 Å². The number of amides is 1. The fraction of sp³-hybridized carbons (Fsp3) is 0.560. The minimum atomic E-state index is -0.509. The predicted molar refractivity (Wildman–Crippen MR) is 119 cm³/mol. The lowest BCUT2D eigenvalue weighted by molar-refractivity contribution is -0.177. The van der Waals surface area contributed by atoms with E-state index in [4.69, 9.17) is 10.00 Å². The highest BCUT2D eigenvalue weighted by atomic mass is 16.6. The topological polar surface area (TPSA) is 98.5 Å². The molecule has 0 radical (unpaired) electrons. The average molecular weight is 433 g/mol. The maximum absolute atomic E-state index is 12.9. The summed E-state index contributed by atoms with van der Waals surface area (Å²) in [6.45, 7) is 1.27. The average Bonchev–Trinajstić information content (AvgIpc) is 3.23. The van der Waals surface area contributed by atoms with Crippen molar-refractivity contribution in [1.29, 1.82) is 5.26 Å². The van der Waals surface area contributed by atoms with Gasteiger partial charge in [0, 0.05) is 24.5 Å². The van der Waals surface area contributed by atoms with Crippen molar-refractivity contribution in [1.82, 2.24) is 9.88 Å². The number of anilines is 1. The lowest BCUT2D eigenvalue weighted by atomic mass is 9.53. The summed E-state index contributed by atoms with van der Waals surface area (Å²) in [6.07, 6.45) is 5.27. The second kappa shape index (κ2) is 7.35. The molecule has 1 aliphatic heterocycles. The molecule has 2 N–H and O–H groups in total. The van der Waals surface area contributed by atoms with E-state index >= 15 is 0 Å². The Morgan fingerprint density at radius 2 is 2.03 bits per heavy atom. The van der Waals surface area contributed by atoms with Gasteiger partial charge in [0.15, 0.2) is 0 Å². The zero-order valence-corrected chi connectivity index (χ0v) is 18.0. The van der Waals surface area contributed by atoms with E-state index in [0.717, 1.165) is 55.2 Å². The number of nitrogens with zero attached hydrogens (tertiary/aromatic N) is 3. The molecule has 2 heterocycles. The third-order valence-electron chi connectivity index (χ3n) is 8.01. The van der Waals surface area contributed by atoms with Crippen molar-refractivity contribution >= 4 is 22.8 Å². The predicted octanol–water partition coefficient (Wildman–Crippen LogP) is 3.67. The molecule has 7 nitrogen and oxygen atoms in total. The summed E-state index contributed by atoms with van der Waals surface area (Å²) < 4.78 is 6.04. The molecule has 5 aliphatic rings. The largest absolute Gasteiger partial charge is 0.446 e. The Kier molecular flexibility index (Phi) is 4.55. The molecule has 3 atom stereocenters. The number of ether oxygens (including phenoxy) is 1. The Bertz CT molecular complexity index is 1100. The number of hydrogen-bond donors (Lipinski definition) is 2. The van der Waals surface area contributed by atoms with E-state index in [0.29, 0.717) is 36.4 Å². The lowest BCUT2D eigenvalue weighted by Crippen LogP contribution is -2.58. The third-order valence-corrected chi connectivity index (χ3v) is 8.01. The SMILES string of the molecule is N#Cc1ccc2nc(N[C@@H]3CCN(C(=O)O[C@H]4C5CC6CC4C[C@](O)(C6)C5)C3)ccc2c1. The van der Waals surface area contributed by atoms with Crippen molar-refractivity contribution in [3.8, 4) is 6.07 Å². The molecule has 0 spiro atoms. The first kappa shape index (κ1) is 19.8. The second-order valence-electron chi connectivity index (χ2n) is 10.3. The van der Waals surface area contributed by atoms with E-state index in [1.165, 1.54) is 0 Å². The number of carbonyl (C=O) groups is 1. The normalized spacial score (nSPS) is 35.1.